The van der Waals surface area contributed by atoms with Gasteiger partial charge in [-0.05, 0) is 39.6 Å². The quantitative estimate of drug-likeness (QED) is 0.643. The highest BCUT2D eigenvalue weighted by atomic mass is 32.2. The van der Waals surface area contributed by atoms with Crippen molar-refractivity contribution in [1.29, 1.82) is 0 Å². The molecule has 118 valence electrons. The number of hydrogen-bond donors (Lipinski definition) is 1. The van der Waals surface area contributed by atoms with Crippen LogP contribution in [-0.2, 0) is 0 Å². The van der Waals surface area contributed by atoms with Crippen LogP contribution in [0.2, 0.25) is 0 Å². The number of nitrogens with one attached hydrogen (secondary N) is 1. The van der Waals surface area contributed by atoms with Crippen molar-refractivity contribution in [2.75, 3.05) is 50.2 Å². The summed E-state index contributed by atoms with van der Waals surface area (Å²) in [7, 11) is 4.34. The van der Waals surface area contributed by atoms with Crippen molar-refractivity contribution in [2.45, 2.75) is 37.4 Å². The van der Waals surface area contributed by atoms with Crippen molar-refractivity contribution in [3.05, 3.63) is 6.07 Å². The van der Waals surface area contributed by atoms with E-state index in [1.165, 1.54) is 12.8 Å². The Morgan fingerprint density at radius 1 is 1.33 bits per heavy atom. The molecule has 0 atom stereocenters. The number of aromatic nitrogens is 2. The largest absolute Gasteiger partial charge is 0.370 e. The van der Waals surface area contributed by atoms with Gasteiger partial charge in [-0.25, -0.2) is 9.97 Å². The van der Waals surface area contributed by atoms with Gasteiger partial charge in [0.1, 0.15) is 11.6 Å². The molecule has 1 aromatic rings. The van der Waals surface area contributed by atoms with E-state index in [2.05, 4.69) is 52.2 Å². The maximum Gasteiger partial charge on any atom is 0.191 e. The molecule has 0 spiro atoms. The fourth-order valence-electron chi connectivity index (χ4n) is 2.62. The van der Waals surface area contributed by atoms with E-state index in [-0.39, 0.29) is 0 Å². The molecule has 0 radical (unpaired) electrons. The van der Waals surface area contributed by atoms with Gasteiger partial charge in [-0.3, -0.25) is 0 Å². The normalized spacial score (nSPS) is 16.5. The first-order chi connectivity index (χ1) is 10.1. The minimum atomic E-state index is 0.695. The number of rotatable bonds is 6. The lowest BCUT2D eigenvalue weighted by Gasteiger charge is -2.36. The summed E-state index contributed by atoms with van der Waals surface area (Å²) in [5.74, 6) is 2.01. The summed E-state index contributed by atoms with van der Waals surface area (Å²) in [6, 6.07) is 2.78. The monoisotopic (exact) mass is 309 g/mol. The maximum atomic E-state index is 4.68. The zero-order valence-corrected chi connectivity index (χ0v) is 14.4. The van der Waals surface area contributed by atoms with E-state index in [4.69, 9.17) is 0 Å². The van der Waals surface area contributed by atoms with Crippen molar-refractivity contribution in [3.63, 3.8) is 0 Å². The Bertz CT molecular complexity index is 444. The van der Waals surface area contributed by atoms with Crippen LogP contribution >= 0.6 is 11.8 Å². The molecule has 1 aromatic heterocycles. The summed E-state index contributed by atoms with van der Waals surface area (Å²) in [5.41, 5.74) is 0. The first kappa shape index (κ1) is 16.4. The Morgan fingerprint density at radius 3 is 2.62 bits per heavy atom. The van der Waals surface area contributed by atoms with Gasteiger partial charge in [0.15, 0.2) is 5.16 Å². The van der Waals surface area contributed by atoms with Gasteiger partial charge < -0.3 is 15.1 Å². The third kappa shape index (κ3) is 4.48. The lowest BCUT2D eigenvalue weighted by atomic mass is 10.0. The SMILES string of the molecule is CCCNc1cc(N2CCC(N(C)C)CC2)nc(SC)n1. The van der Waals surface area contributed by atoms with Crippen molar-refractivity contribution in [3.8, 4) is 0 Å². The average molecular weight is 309 g/mol. The van der Waals surface area contributed by atoms with Crippen LogP contribution in [0.5, 0.6) is 0 Å². The summed E-state index contributed by atoms with van der Waals surface area (Å²) in [6.45, 7) is 5.26. The lowest BCUT2D eigenvalue weighted by Crippen LogP contribution is -2.42. The van der Waals surface area contributed by atoms with Gasteiger partial charge in [-0.1, -0.05) is 18.7 Å². The molecule has 21 heavy (non-hydrogen) atoms. The molecular weight excluding hydrogens is 282 g/mol. The average Bonchev–Trinajstić information content (AvgIpc) is 2.52. The Labute approximate surface area is 132 Å². The maximum absolute atomic E-state index is 4.68. The van der Waals surface area contributed by atoms with Crippen LogP contribution in [0.15, 0.2) is 11.2 Å². The molecule has 0 unspecified atom stereocenters. The zero-order valence-electron chi connectivity index (χ0n) is 13.6. The molecule has 0 amide bonds. The third-order valence-corrected chi connectivity index (χ3v) is 4.50. The summed E-state index contributed by atoms with van der Waals surface area (Å²) < 4.78 is 0. The third-order valence-electron chi connectivity index (χ3n) is 3.95. The second-order valence-electron chi connectivity index (χ2n) is 5.71. The predicted octanol–water partition coefficient (Wildman–Crippen LogP) is 2.55. The highest BCUT2D eigenvalue weighted by Gasteiger charge is 2.22. The minimum absolute atomic E-state index is 0.695. The molecule has 1 fully saturated rings. The molecule has 0 bridgehead atoms. The number of piperidine rings is 1. The predicted molar refractivity (Wildman–Crippen MR) is 91.5 cm³/mol. The van der Waals surface area contributed by atoms with Gasteiger partial charge in [-0.2, -0.15) is 0 Å². The van der Waals surface area contributed by atoms with E-state index in [1.54, 1.807) is 11.8 Å². The minimum Gasteiger partial charge on any atom is -0.370 e. The number of nitrogens with zero attached hydrogens (tertiary/aromatic N) is 4. The Kier molecular flexibility index (Phi) is 6.11. The Hall–Kier alpha value is -1.01. The first-order valence-electron chi connectivity index (χ1n) is 7.72. The van der Waals surface area contributed by atoms with Gasteiger partial charge >= 0.3 is 0 Å². The van der Waals surface area contributed by atoms with E-state index in [0.717, 1.165) is 42.8 Å². The van der Waals surface area contributed by atoms with Crippen molar-refractivity contribution in [2.24, 2.45) is 0 Å². The molecule has 0 aromatic carbocycles. The van der Waals surface area contributed by atoms with E-state index in [0.29, 0.717) is 6.04 Å². The molecule has 1 aliphatic rings. The molecule has 1 N–H and O–H groups in total. The van der Waals surface area contributed by atoms with Crippen LogP contribution in [0.3, 0.4) is 0 Å². The summed E-state index contributed by atoms with van der Waals surface area (Å²) in [6.07, 6.45) is 5.52. The van der Waals surface area contributed by atoms with Gasteiger partial charge in [0, 0.05) is 31.7 Å². The summed E-state index contributed by atoms with van der Waals surface area (Å²) >= 11 is 1.60. The Balaban J connectivity index is 2.08. The standard InChI is InChI=1S/C15H27N5S/c1-5-8-16-13-11-14(18-15(17-13)21-4)20-9-6-12(7-10-20)19(2)3/h11-12H,5-10H2,1-4H3,(H,16,17,18). The van der Waals surface area contributed by atoms with Crippen LogP contribution in [0, 0.1) is 0 Å². The van der Waals surface area contributed by atoms with Crippen LogP contribution in [0.1, 0.15) is 26.2 Å². The highest BCUT2D eigenvalue weighted by Crippen LogP contribution is 2.24. The molecule has 0 saturated carbocycles. The summed E-state index contributed by atoms with van der Waals surface area (Å²) in [4.78, 5) is 13.9. The molecule has 0 aliphatic carbocycles. The van der Waals surface area contributed by atoms with Crippen molar-refractivity contribution in [1.82, 2.24) is 14.9 Å². The molecule has 5 nitrogen and oxygen atoms in total. The van der Waals surface area contributed by atoms with Crippen LogP contribution in [0.4, 0.5) is 11.6 Å². The van der Waals surface area contributed by atoms with Crippen LogP contribution < -0.4 is 10.2 Å². The fraction of sp³-hybridized carbons (Fsp3) is 0.733. The zero-order chi connectivity index (χ0) is 15.2. The number of hydrogen-bond acceptors (Lipinski definition) is 6. The molecule has 1 saturated heterocycles. The molecule has 6 heteroatoms. The fourth-order valence-corrected chi connectivity index (χ4v) is 3.00. The Morgan fingerprint density at radius 2 is 2.05 bits per heavy atom. The summed E-state index contributed by atoms with van der Waals surface area (Å²) in [5, 5.41) is 4.22. The molecular formula is C15H27N5S. The molecule has 2 heterocycles. The van der Waals surface area contributed by atoms with Crippen LogP contribution in [0.25, 0.3) is 0 Å². The molecule has 2 rings (SSSR count). The van der Waals surface area contributed by atoms with Gasteiger partial charge in [0.2, 0.25) is 0 Å². The van der Waals surface area contributed by atoms with Crippen molar-refractivity contribution < 1.29 is 0 Å². The second kappa shape index (κ2) is 7.84. The lowest BCUT2D eigenvalue weighted by molar-refractivity contribution is 0.249. The van der Waals surface area contributed by atoms with E-state index in [1.807, 2.05) is 6.26 Å². The van der Waals surface area contributed by atoms with Gasteiger partial charge in [-0.15, -0.1) is 0 Å². The van der Waals surface area contributed by atoms with E-state index >= 15 is 0 Å². The van der Waals surface area contributed by atoms with Crippen LogP contribution in [-0.4, -0.2) is 60.9 Å². The van der Waals surface area contributed by atoms with Gasteiger partial charge in [0.05, 0.1) is 0 Å². The first-order valence-corrected chi connectivity index (χ1v) is 8.94. The molecule has 1 aliphatic heterocycles. The smallest absolute Gasteiger partial charge is 0.191 e. The highest BCUT2D eigenvalue weighted by molar-refractivity contribution is 7.98. The number of thioether (sulfide) groups is 1. The van der Waals surface area contributed by atoms with E-state index in [9.17, 15) is 0 Å². The topological polar surface area (TPSA) is 44.3 Å². The van der Waals surface area contributed by atoms with Crippen molar-refractivity contribution >= 4 is 23.4 Å². The second-order valence-corrected chi connectivity index (χ2v) is 6.48. The van der Waals surface area contributed by atoms with E-state index < -0.39 is 0 Å². The number of anilines is 2. The van der Waals surface area contributed by atoms with Gasteiger partial charge in [0.25, 0.3) is 0 Å².